The van der Waals surface area contributed by atoms with E-state index in [2.05, 4.69) is 4.99 Å². The minimum Gasteiger partial charge on any atom is -0.490 e. The third kappa shape index (κ3) is 6.17. The second kappa shape index (κ2) is 12.8. The molecule has 0 amide bonds. The zero-order chi connectivity index (χ0) is 29.8. The number of esters is 1. The van der Waals surface area contributed by atoms with Crippen molar-refractivity contribution in [1.29, 1.82) is 0 Å². The van der Waals surface area contributed by atoms with E-state index in [-0.39, 0.29) is 17.7 Å². The molecule has 0 saturated heterocycles. The number of aromatic nitrogens is 1. The van der Waals surface area contributed by atoms with Gasteiger partial charge in [0.25, 0.3) is 5.56 Å². The summed E-state index contributed by atoms with van der Waals surface area (Å²) in [6, 6.07) is 17.8. The molecule has 0 N–H and O–H groups in total. The molecule has 2 heterocycles. The molecule has 1 aromatic heterocycles. The minimum absolute atomic E-state index is 0.164. The first-order valence-electron chi connectivity index (χ1n) is 13.4. The van der Waals surface area contributed by atoms with Crippen molar-refractivity contribution in [2.75, 3.05) is 13.2 Å². The van der Waals surface area contributed by atoms with Crippen LogP contribution in [0.1, 0.15) is 43.5 Å². The summed E-state index contributed by atoms with van der Waals surface area (Å²) in [5, 5.41) is 0.652. The van der Waals surface area contributed by atoms with Gasteiger partial charge in [0.2, 0.25) is 0 Å². The van der Waals surface area contributed by atoms with Crippen LogP contribution in [0.5, 0.6) is 11.5 Å². The van der Waals surface area contributed by atoms with Crippen LogP contribution in [-0.4, -0.2) is 23.8 Å². The molecule has 10 heteroatoms. The molecule has 0 unspecified atom stereocenters. The Morgan fingerprint density at radius 2 is 1.76 bits per heavy atom. The van der Waals surface area contributed by atoms with Crippen molar-refractivity contribution in [3.05, 3.63) is 125 Å². The Morgan fingerprint density at radius 1 is 1.02 bits per heavy atom. The number of hydrogen-bond donors (Lipinski definition) is 0. The molecule has 0 aliphatic carbocycles. The largest absolute Gasteiger partial charge is 0.490 e. The van der Waals surface area contributed by atoms with Gasteiger partial charge in [0.05, 0.1) is 35.1 Å². The molecule has 4 aromatic rings. The lowest BCUT2D eigenvalue weighted by Gasteiger charge is -2.24. The second-order valence-electron chi connectivity index (χ2n) is 9.41. The molecule has 0 saturated carbocycles. The fraction of sp³-hybridized carbons (Fsp3) is 0.219. The van der Waals surface area contributed by atoms with Crippen LogP contribution >= 0.6 is 22.9 Å². The van der Waals surface area contributed by atoms with Gasteiger partial charge in [-0.05, 0) is 79.9 Å². The standard InChI is InChI=1S/C32H28ClFN2O5S/c1-4-39-26-16-21(8-15-25(26)41-18-20-6-11-23(33)12-7-20)17-27-30(37)36-29(22-9-13-24(34)14-10-22)28(31(38)40-5-2)19(3)35-32(36)42-27/h6-17,29H,4-5,18H2,1-3H3/b27-17-/t29-/m0/s1. The van der Waals surface area contributed by atoms with Crippen LogP contribution in [0, 0.1) is 5.82 Å². The summed E-state index contributed by atoms with van der Waals surface area (Å²) in [5.74, 6) is 0.113. The fourth-order valence-electron chi connectivity index (χ4n) is 4.65. The Morgan fingerprint density at radius 3 is 2.45 bits per heavy atom. The molecule has 1 aliphatic heterocycles. The van der Waals surface area contributed by atoms with E-state index < -0.39 is 17.8 Å². The van der Waals surface area contributed by atoms with Gasteiger partial charge < -0.3 is 14.2 Å². The molecular weight excluding hydrogens is 579 g/mol. The Hall–Kier alpha value is -4.21. The predicted molar refractivity (Wildman–Crippen MR) is 160 cm³/mol. The van der Waals surface area contributed by atoms with E-state index in [4.69, 9.17) is 25.8 Å². The lowest BCUT2D eigenvalue weighted by molar-refractivity contribution is -0.139. The molecule has 1 atom stereocenters. The smallest absolute Gasteiger partial charge is 0.338 e. The van der Waals surface area contributed by atoms with Gasteiger partial charge in [-0.3, -0.25) is 9.36 Å². The number of allylic oxidation sites excluding steroid dienone is 1. The minimum atomic E-state index is -0.814. The molecule has 216 valence electrons. The van der Waals surface area contributed by atoms with Gasteiger partial charge in [-0.15, -0.1) is 0 Å². The van der Waals surface area contributed by atoms with Crippen LogP contribution in [0.4, 0.5) is 4.39 Å². The van der Waals surface area contributed by atoms with Crippen LogP contribution < -0.4 is 24.4 Å². The van der Waals surface area contributed by atoms with Crippen LogP contribution in [0.25, 0.3) is 6.08 Å². The number of carbonyl (C=O) groups is 1. The van der Waals surface area contributed by atoms with Gasteiger partial charge in [0.1, 0.15) is 12.4 Å². The van der Waals surface area contributed by atoms with Crippen molar-refractivity contribution in [1.82, 2.24) is 4.57 Å². The second-order valence-corrected chi connectivity index (χ2v) is 10.9. The predicted octanol–water partition coefficient (Wildman–Crippen LogP) is 5.57. The topological polar surface area (TPSA) is 79.1 Å². The number of fused-ring (bicyclic) bond motifs is 1. The van der Waals surface area contributed by atoms with E-state index in [1.165, 1.54) is 28.0 Å². The number of thiazole rings is 1. The number of halogens is 2. The Kier molecular flexibility index (Phi) is 8.89. The average Bonchev–Trinajstić information content (AvgIpc) is 3.27. The highest BCUT2D eigenvalue weighted by molar-refractivity contribution is 7.07. The summed E-state index contributed by atoms with van der Waals surface area (Å²) in [7, 11) is 0. The quantitative estimate of drug-likeness (QED) is 0.233. The van der Waals surface area contributed by atoms with Crippen molar-refractivity contribution in [2.45, 2.75) is 33.4 Å². The van der Waals surface area contributed by atoms with Crippen LogP contribution in [0.2, 0.25) is 5.02 Å². The Labute approximate surface area is 250 Å². The summed E-state index contributed by atoms with van der Waals surface area (Å²) in [5.41, 5.74) is 2.60. The first-order valence-corrected chi connectivity index (χ1v) is 14.6. The third-order valence-electron chi connectivity index (χ3n) is 6.58. The zero-order valence-electron chi connectivity index (χ0n) is 23.2. The van der Waals surface area contributed by atoms with E-state index >= 15 is 0 Å². The van der Waals surface area contributed by atoms with E-state index in [9.17, 15) is 14.0 Å². The lowest BCUT2D eigenvalue weighted by Crippen LogP contribution is -2.39. The van der Waals surface area contributed by atoms with Crippen molar-refractivity contribution in [3.8, 4) is 11.5 Å². The lowest BCUT2D eigenvalue weighted by atomic mass is 9.96. The van der Waals surface area contributed by atoms with Crippen molar-refractivity contribution in [3.63, 3.8) is 0 Å². The maximum atomic E-state index is 13.8. The summed E-state index contributed by atoms with van der Waals surface area (Å²) in [6.07, 6.45) is 1.75. The SMILES string of the molecule is CCOC(=O)C1=C(C)N=c2s/c(=C\c3ccc(OCc4ccc(Cl)cc4)c(OCC)c3)c(=O)n2[C@H]1c1ccc(F)cc1. The van der Waals surface area contributed by atoms with Crippen molar-refractivity contribution >= 4 is 35.0 Å². The summed E-state index contributed by atoms with van der Waals surface area (Å²) in [6.45, 7) is 6.22. The molecule has 5 rings (SSSR count). The van der Waals surface area contributed by atoms with Gasteiger partial charge in [-0.25, -0.2) is 14.2 Å². The number of ether oxygens (including phenoxy) is 3. The maximum Gasteiger partial charge on any atom is 0.338 e. The Balaban J connectivity index is 1.54. The van der Waals surface area contributed by atoms with Gasteiger partial charge in [-0.2, -0.15) is 0 Å². The first-order chi connectivity index (χ1) is 20.3. The van der Waals surface area contributed by atoms with Gasteiger partial charge in [-0.1, -0.05) is 53.3 Å². The molecule has 7 nitrogen and oxygen atoms in total. The van der Waals surface area contributed by atoms with E-state index in [1.807, 2.05) is 31.2 Å². The molecule has 42 heavy (non-hydrogen) atoms. The number of benzene rings is 3. The molecule has 0 fully saturated rings. The Bertz CT molecular complexity index is 1830. The van der Waals surface area contributed by atoms with E-state index in [1.54, 1.807) is 50.3 Å². The number of rotatable bonds is 9. The number of carbonyl (C=O) groups excluding carboxylic acids is 1. The number of hydrogen-bond acceptors (Lipinski definition) is 7. The first kappa shape index (κ1) is 29.3. The van der Waals surface area contributed by atoms with Crippen LogP contribution in [0.3, 0.4) is 0 Å². The highest BCUT2D eigenvalue weighted by atomic mass is 35.5. The maximum absolute atomic E-state index is 13.8. The molecular formula is C32H28ClFN2O5S. The fourth-order valence-corrected chi connectivity index (χ4v) is 5.82. The van der Waals surface area contributed by atoms with Gasteiger partial charge in [0.15, 0.2) is 16.3 Å². The number of nitrogens with zero attached hydrogens (tertiary/aromatic N) is 2. The molecule has 1 aliphatic rings. The van der Waals surface area contributed by atoms with Gasteiger partial charge >= 0.3 is 5.97 Å². The highest BCUT2D eigenvalue weighted by Gasteiger charge is 2.33. The normalized spacial score (nSPS) is 14.8. The van der Waals surface area contributed by atoms with Crippen molar-refractivity contribution in [2.24, 2.45) is 4.99 Å². The van der Waals surface area contributed by atoms with E-state index in [0.717, 1.165) is 11.1 Å². The third-order valence-corrected chi connectivity index (χ3v) is 7.81. The summed E-state index contributed by atoms with van der Waals surface area (Å²) >= 11 is 7.19. The summed E-state index contributed by atoms with van der Waals surface area (Å²) < 4.78 is 32.8. The summed E-state index contributed by atoms with van der Waals surface area (Å²) in [4.78, 5) is 31.8. The molecule has 0 spiro atoms. The average molecular weight is 607 g/mol. The highest BCUT2D eigenvalue weighted by Crippen LogP contribution is 2.32. The monoisotopic (exact) mass is 606 g/mol. The van der Waals surface area contributed by atoms with Gasteiger partial charge in [0, 0.05) is 5.02 Å². The van der Waals surface area contributed by atoms with Crippen LogP contribution in [0.15, 0.2) is 87.8 Å². The van der Waals surface area contributed by atoms with Crippen LogP contribution in [-0.2, 0) is 16.1 Å². The molecule has 0 bridgehead atoms. The van der Waals surface area contributed by atoms with E-state index in [0.29, 0.717) is 50.3 Å². The zero-order valence-corrected chi connectivity index (χ0v) is 24.8. The molecule has 0 radical (unpaired) electrons. The van der Waals surface area contributed by atoms with Crippen molar-refractivity contribution < 1.29 is 23.4 Å². The molecule has 3 aromatic carbocycles.